The number of hydrogen-bond acceptors (Lipinski definition) is 2. The van der Waals surface area contributed by atoms with E-state index in [9.17, 15) is 4.39 Å². The van der Waals surface area contributed by atoms with E-state index in [2.05, 4.69) is 31.1 Å². The van der Waals surface area contributed by atoms with E-state index in [1.54, 1.807) is 0 Å². The second-order valence-corrected chi connectivity index (χ2v) is 5.16. The molecule has 0 saturated carbocycles. The second kappa shape index (κ2) is 4.79. The van der Waals surface area contributed by atoms with Crippen molar-refractivity contribution in [2.45, 2.75) is 27.2 Å². The first-order valence-corrected chi connectivity index (χ1v) is 5.31. The average Bonchev–Trinajstić information content (AvgIpc) is 2.07. The summed E-state index contributed by atoms with van der Waals surface area (Å²) in [4.78, 5) is 3.88. The summed E-state index contributed by atoms with van der Waals surface area (Å²) in [5.74, 6) is -0.139. The first-order chi connectivity index (χ1) is 6.88. The third-order valence-corrected chi connectivity index (χ3v) is 2.18. The van der Waals surface area contributed by atoms with E-state index in [-0.39, 0.29) is 11.2 Å². The maximum atomic E-state index is 13.3. The van der Waals surface area contributed by atoms with E-state index in [0.717, 1.165) is 6.42 Å². The molecule has 15 heavy (non-hydrogen) atoms. The fourth-order valence-corrected chi connectivity index (χ4v) is 1.25. The Labute approximate surface area is 94.9 Å². The van der Waals surface area contributed by atoms with Gasteiger partial charge in [-0.05, 0) is 17.9 Å². The Hall–Kier alpha value is -0.830. The zero-order chi connectivity index (χ0) is 11.5. The number of nitrogens with zero attached hydrogens (tertiary/aromatic N) is 1. The van der Waals surface area contributed by atoms with Crippen LogP contribution < -0.4 is 5.32 Å². The molecule has 1 aromatic rings. The molecule has 0 aromatic carbocycles. The van der Waals surface area contributed by atoms with Gasteiger partial charge in [-0.15, -0.1) is 0 Å². The maximum absolute atomic E-state index is 13.3. The maximum Gasteiger partial charge on any atom is 0.166 e. The van der Waals surface area contributed by atoms with Crippen molar-refractivity contribution >= 4 is 17.4 Å². The minimum Gasteiger partial charge on any atom is -0.368 e. The third-order valence-electron chi connectivity index (χ3n) is 1.98. The van der Waals surface area contributed by atoms with Crippen molar-refractivity contribution < 1.29 is 4.39 Å². The minimum atomic E-state index is -0.406. The zero-order valence-corrected chi connectivity index (χ0v) is 10.0. The molecule has 0 bridgehead atoms. The fourth-order valence-electron chi connectivity index (χ4n) is 1.10. The highest BCUT2D eigenvalue weighted by Crippen LogP contribution is 2.19. The van der Waals surface area contributed by atoms with Gasteiger partial charge in [-0.2, -0.15) is 0 Å². The molecule has 1 rings (SSSR count). The molecule has 0 unspecified atom stereocenters. The molecule has 0 spiro atoms. The highest BCUT2D eigenvalue weighted by Gasteiger charge is 2.10. The van der Waals surface area contributed by atoms with Crippen LogP contribution in [0.2, 0.25) is 5.02 Å². The van der Waals surface area contributed by atoms with E-state index in [0.29, 0.717) is 11.6 Å². The Morgan fingerprint density at radius 2 is 2.13 bits per heavy atom. The number of pyridine rings is 1. The summed E-state index contributed by atoms with van der Waals surface area (Å²) in [6.45, 7) is 7.12. The summed E-state index contributed by atoms with van der Waals surface area (Å²) in [6.07, 6.45) is 2.39. The molecule has 1 aromatic heterocycles. The largest absolute Gasteiger partial charge is 0.368 e. The van der Waals surface area contributed by atoms with E-state index < -0.39 is 5.82 Å². The van der Waals surface area contributed by atoms with Gasteiger partial charge in [-0.3, -0.25) is 0 Å². The topological polar surface area (TPSA) is 24.9 Å². The molecule has 2 nitrogen and oxygen atoms in total. The molecule has 0 amide bonds. The molecule has 0 radical (unpaired) electrons. The van der Waals surface area contributed by atoms with Crippen LogP contribution in [0, 0.1) is 11.2 Å². The van der Waals surface area contributed by atoms with Gasteiger partial charge in [-0.25, -0.2) is 9.37 Å². The van der Waals surface area contributed by atoms with Crippen molar-refractivity contribution in [2.24, 2.45) is 5.41 Å². The molecule has 1 heterocycles. The molecule has 0 saturated heterocycles. The highest BCUT2D eigenvalue weighted by molar-refractivity contribution is 6.30. The number of halogens is 2. The van der Waals surface area contributed by atoms with Crippen LogP contribution >= 0.6 is 11.6 Å². The van der Waals surface area contributed by atoms with Crippen LogP contribution in [0.1, 0.15) is 27.2 Å². The Bertz CT molecular complexity index is 334. The molecular weight excluding hydrogens is 215 g/mol. The van der Waals surface area contributed by atoms with Crippen molar-refractivity contribution in [3.8, 4) is 0 Å². The van der Waals surface area contributed by atoms with Crippen LogP contribution in [-0.4, -0.2) is 11.5 Å². The van der Waals surface area contributed by atoms with E-state index >= 15 is 0 Å². The van der Waals surface area contributed by atoms with Crippen molar-refractivity contribution in [2.75, 3.05) is 11.9 Å². The van der Waals surface area contributed by atoms with Gasteiger partial charge < -0.3 is 5.32 Å². The highest BCUT2D eigenvalue weighted by atomic mass is 35.5. The Balaban J connectivity index is 2.51. The third kappa shape index (κ3) is 4.47. The lowest BCUT2D eigenvalue weighted by Gasteiger charge is -2.18. The van der Waals surface area contributed by atoms with Gasteiger partial charge in [0.15, 0.2) is 11.6 Å². The van der Waals surface area contributed by atoms with Gasteiger partial charge in [0.1, 0.15) is 0 Å². The van der Waals surface area contributed by atoms with Gasteiger partial charge in [0.2, 0.25) is 0 Å². The first-order valence-electron chi connectivity index (χ1n) is 4.93. The smallest absolute Gasteiger partial charge is 0.166 e. The predicted octanol–water partition coefficient (Wildman–Crippen LogP) is 3.72. The molecule has 84 valence electrons. The normalized spacial score (nSPS) is 11.5. The molecule has 0 aliphatic heterocycles. The SMILES string of the molecule is CC(C)(C)CCNc1ncc(Cl)cc1F. The minimum absolute atomic E-state index is 0.232. The molecular formula is C11H16ClFN2. The Morgan fingerprint density at radius 3 is 2.67 bits per heavy atom. The van der Waals surface area contributed by atoms with Crippen LogP contribution in [0.15, 0.2) is 12.3 Å². The summed E-state index contributed by atoms with van der Waals surface area (Å²) >= 11 is 5.59. The lowest BCUT2D eigenvalue weighted by atomic mass is 9.92. The van der Waals surface area contributed by atoms with Gasteiger partial charge >= 0.3 is 0 Å². The standard InChI is InChI=1S/C11H16ClFN2/c1-11(2,3)4-5-14-10-9(13)6-8(12)7-15-10/h6-7H,4-5H2,1-3H3,(H,14,15). The molecule has 0 aliphatic rings. The lowest BCUT2D eigenvalue weighted by Crippen LogP contribution is -2.14. The van der Waals surface area contributed by atoms with Crippen LogP contribution in [-0.2, 0) is 0 Å². The average molecular weight is 231 g/mol. The predicted molar refractivity (Wildman–Crippen MR) is 61.8 cm³/mol. The van der Waals surface area contributed by atoms with Gasteiger partial charge in [0.25, 0.3) is 0 Å². The van der Waals surface area contributed by atoms with Crippen molar-refractivity contribution in [1.82, 2.24) is 4.98 Å². The summed E-state index contributed by atoms with van der Waals surface area (Å²) < 4.78 is 13.3. The van der Waals surface area contributed by atoms with Crippen molar-refractivity contribution in [3.05, 3.63) is 23.1 Å². The van der Waals surface area contributed by atoms with E-state index in [4.69, 9.17) is 11.6 Å². The Morgan fingerprint density at radius 1 is 1.47 bits per heavy atom. The van der Waals surface area contributed by atoms with Gasteiger partial charge in [0.05, 0.1) is 5.02 Å². The van der Waals surface area contributed by atoms with Crippen molar-refractivity contribution in [1.29, 1.82) is 0 Å². The molecule has 0 fully saturated rings. The number of anilines is 1. The molecule has 0 aliphatic carbocycles. The Kier molecular flexibility index (Phi) is 3.91. The number of aromatic nitrogens is 1. The van der Waals surface area contributed by atoms with Gasteiger partial charge in [0, 0.05) is 12.7 Å². The van der Waals surface area contributed by atoms with Crippen LogP contribution in [0.25, 0.3) is 0 Å². The van der Waals surface area contributed by atoms with Crippen LogP contribution in [0.3, 0.4) is 0 Å². The first kappa shape index (κ1) is 12.2. The summed E-state index contributed by atoms with van der Waals surface area (Å²) in [5, 5.41) is 3.27. The molecule has 1 N–H and O–H groups in total. The number of hydrogen-bond donors (Lipinski definition) is 1. The van der Waals surface area contributed by atoms with E-state index in [1.165, 1.54) is 12.3 Å². The zero-order valence-electron chi connectivity index (χ0n) is 9.27. The summed E-state index contributed by atoms with van der Waals surface area (Å²) in [6, 6.07) is 1.26. The summed E-state index contributed by atoms with van der Waals surface area (Å²) in [7, 11) is 0. The lowest BCUT2D eigenvalue weighted by molar-refractivity contribution is 0.389. The van der Waals surface area contributed by atoms with Gasteiger partial charge in [-0.1, -0.05) is 32.4 Å². The second-order valence-electron chi connectivity index (χ2n) is 4.72. The monoisotopic (exact) mass is 230 g/mol. The number of nitrogens with one attached hydrogen (secondary N) is 1. The molecule has 0 atom stereocenters. The summed E-state index contributed by atoms with van der Waals surface area (Å²) in [5.41, 5.74) is 0.232. The molecule has 4 heteroatoms. The fraction of sp³-hybridized carbons (Fsp3) is 0.545. The van der Waals surface area contributed by atoms with Crippen molar-refractivity contribution in [3.63, 3.8) is 0 Å². The quantitative estimate of drug-likeness (QED) is 0.856. The van der Waals surface area contributed by atoms with Crippen LogP contribution in [0.5, 0.6) is 0 Å². The number of rotatable bonds is 3. The van der Waals surface area contributed by atoms with Crippen LogP contribution in [0.4, 0.5) is 10.2 Å². The van der Waals surface area contributed by atoms with E-state index in [1.807, 2.05) is 0 Å².